The highest BCUT2D eigenvalue weighted by Crippen LogP contribution is 2.28. The van der Waals surface area contributed by atoms with Crippen molar-refractivity contribution < 1.29 is 19.4 Å². The number of fused-ring (bicyclic) bond motifs is 1. The first-order chi connectivity index (χ1) is 9.61. The van der Waals surface area contributed by atoms with Crippen LogP contribution in [-0.2, 0) is 4.74 Å². The lowest BCUT2D eigenvalue weighted by Gasteiger charge is -2.10. The van der Waals surface area contributed by atoms with Gasteiger partial charge in [0.2, 0.25) is 0 Å². The first-order valence-corrected chi connectivity index (χ1v) is 6.45. The molecule has 0 saturated heterocycles. The zero-order valence-corrected chi connectivity index (χ0v) is 11.7. The van der Waals surface area contributed by atoms with Crippen molar-refractivity contribution >= 4 is 28.5 Å². The fraction of sp³-hybridized carbons (Fsp3) is 0.286. The number of methoxy groups -OCH3 is 1. The number of aromatic carboxylic acids is 1. The topological polar surface area (TPSA) is 68.7 Å². The van der Waals surface area contributed by atoms with Gasteiger partial charge in [0.05, 0.1) is 12.1 Å². The Kier molecular flexibility index (Phi) is 4.76. The summed E-state index contributed by atoms with van der Waals surface area (Å²) in [5.74, 6) is -0.617. The number of nitrogens with zero attached hydrogens (tertiary/aromatic N) is 1. The van der Waals surface area contributed by atoms with Crippen LogP contribution in [0.15, 0.2) is 24.3 Å². The van der Waals surface area contributed by atoms with Crippen molar-refractivity contribution in [1.82, 2.24) is 4.98 Å². The van der Waals surface area contributed by atoms with Gasteiger partial charge in [-0.3, -0.25) is 0 Å². The molecule has 1 N–H and O–H groups in total. The number of halogens is 1. The fourth-order valence-electron chi connectivity index (χ4n) is 1.78. The number of carbonyl (C=O) groups is 1. The van der Waals surface area contributed by atoms with E-state index in [1.165, 1.54) is 6.07 Å². The smallest absolute Gasteiger partial charge is 0.354 e. The van der Waals surface area contributed by atoms with E-state index in [-0.39, 0.29) is 5.69 Å². The number of rotatable bonds is 6. The van der Waals surface area contributed by atoms with Gasteiger partial charge in [-0.2, -0.15) is 0 Å². The Labute approximate surface area is 121 Å². The molecule has 106 valence electrons. The number of pyridine rings is 1. The second-order valence-corrected chi connectivity index (χ2v) is 4.60. The van der Waals surface area contributed by atoms with E-state index in [2.05, 4.69) is 4.98 Å². The Balaban J connectivity index is 2.36. The summed E-state index contributed by atoms with van der Waals surface area (Å²) >= 11 is 5.90. The number of aromatic nitrogens is 1. The van der Waals surface area contributed by atoms with E-state index in [0.717, 1.165) is 11.8 Å². The lowest BCUT2D eigenvalue weighted by atomic mass is 10.2. The summed E-state index contributed by atoms with van der Waals surface area (Å²) in [6.45, 7) is 1.02. The van der Waals surface area contributed by atoms with Gasteiger partial charge in [-0.1, -0.05) is 11.6 Å². The first-order valence-electron chi connectivity index (χ1n) is 6.07. The molecule has 0 saturated carbocycles. The molecule has 2 aromatic rings. The van der Waals surface area contributed by atoms with Crippen LogP contribution in [0.1, 0.15) is 16.9 Å². The van der Waals surface area contributed by atoms with Gasteiger partial charge in [0.1, 0.15) is 5.75 Å². The second-order valence-electron chi connectivity index (χ2n) is 4.17. The molecule has 0 spiro atoms. The number of hydrogen-bond donors (Lipinski definition) is 1. The van der Waals surface area contributed by atoms with Crippen LogP contribution in [0.5, 0.6) is 5.75 Å². The lowest BCUT2D eigenvalue weighted by Crippen LogP contribution is -2.05. The van der Waals surface area contributed by atoms with Crippen LogP contribution in [0.25, 0.3) is 10.9 Å². The molecule has 0 aliphatic rings. The molecule has 5 nitrogen and oxygen atoms in total. The molecule has 0 unspecified atom stereocenters. The van der Waals surface area contributed by atoms with Crippen LogP contribution >= 0.6 is 11.6 Å². The number of carboxylic acids is 1. The number of carboxylic acid groups (broad SMARTS) is 1. The standard InChI is InChI=1S/C14H14ClNO4/c1-19-5-2-6-20-13-8-12(14(17)18)16-11-7-9(15)3-4-10(11)13/h3-4,7-8H,2,5-6H2,1H3,(H,17,18). The van der Waals surface area contributed by atoms with E-state index in [9.17, 15) is 4.79 Å². The van der Waals surface area contributed by atoms with E-state index >= 15 is 0 Å². The van der Waals surface area contributed by atoms with Gasteiger partial charge in [-0.15, -0.1) is 0 Å². The Bertz CT molecular complexity index is 630. The fourth-order valence-corrected chi connectivity index (χ4v) is 1.95. The van der Waals surface area contributed by atoms with Gasteiger partial charge in [0.25, 0.3) is 0 Å². The van der Waals surface area contributed by atoms with Crippen LogP contribution in [0.4, 0.5) is 0 Å². The lowest BCUT2D eigenvalue weighted by molar-refractivity contribution is 0.0690. The maximum absolute atomic E-state index is 11.1. The Morgan fingerprint density at radius 2 is 2.15 bits per heavy atom. The molecule has 20 heavy (non-hydrogen) atoms. The molecule has 0 radical (unpaired) electrons. The molecule has 6 heteroatoms. The van der Waals surface area contributed by atoms with Gasteiger partial charge in [-0.25, -0.2) is 9.78 Å². The monoisotopic (exact) mass is 295 g/mol. The normalized spacial score (nSPS) is 10.7. The van der Waals surface area contributed by atoms with Crippen molar-refractivity contribution in [1.29, 1.82) is 0 Å². The molecule has 2 rings (SSSR count). The summed E-state index contributed by atoms with van der Waals surface area (Å²) in [5, 5.41) is 10.3. The number of hydrogen-bond acceptors (Lipinski definition) is 4. The van der Waals surface area contributed by atoms with Crippen molar-refractivity contribution in [2.45, 2.75) is 6.42 Å². The predicted molar refractivity (Wildman–Crippen MR) is 75.7 cm³/mol. The van der Waals surface area contributed by atoms with Crippen molar-refractivity contribution in [3.63, 3.8) is 0 Å². The molecular weight excluding hydrogens is 282 g/mol. The highest BCUT2D eigenvalue weighted by Gasteiger charge is 2.12. The quantitative estimate of drug-likeness (QED) is 0.830. The van der Waals surface area contributed by atoms with Crippen molar-refractivity contribution in [2.24, 2.45) is 0 Å². The van der Waals surface area contributed by atoms with Crippen molar-refractivity contribution in [2.75, 3.05) is 20.3 Å². The molecular formula is C14H14ClNO4. The summed E-state index contributed by atoms with van der Waals surface area (Å²) in [6.07, 6.45) is 0.719. The minimum absolute atomic E-state index is 0.0680. The van der Waals surface area contributed by atoms with Crippen molar-refractivity contribution in [3.8, 4) is 5.75 Å². The van der Waals surface area contributed by atoms with Gasteiger partial charge in [0.15, 0.2) is 5.69 Å². The summed E-state index contributed by atoms with van der Waals surface area (Å²) in [4.78, 5) is 15.1. The van der Waals surface area contributed by atoms with E-state index in [1.54, 1.807) is 25.3 Å². The van der Waals surface area contributed by atoms with Crippen LogP contribution in [0.2, 0.25) is 5.02 Å². The van der Waals surface area contributed by atoms with Crippen molar-refractivity contribution in [3.05, 3.63) is 35.0 Å². The molecule has 1 aromatic heterocycles. The van der Waals surface area contributed by atoms with E-state index in [4.69, 9.17) is 26.2 Å². The SMILES string of the molecule is COCCCOc1cc(C(=O)O)nc2cc(Cl)ccc12. The third kappa shape index (κ3) is 3.37. The second kappa shape index (κ2) is 6.54. The molecule has 1 heterocycles. The Hall–Kier alpha value is -1.85. The van der Waals surface area contributed by atoms with E-state index in [1.807, 2.05) is 0 Å². The molecule has 0 amide bonds. The third-order valence-corrected chi connectivity index (χ3v) is 2.94. The molecule has 0 aliphatic carbocycles. The van der Waals surface area contributed by atoms with Gasteiger partial charge < -0.3 is 14.6 Å². The summed E-state index contributed by atoms with van der Waals surface area (Å²) < 4.78 is 10.6. The molecule has 0 fully saturated rings. The molecule has 0 bridgehead atoms. The summed E-state index contributed by atoms with van der Waals surface area (Å²) in [5.41, 5.74) is 0.431. The van der Waals surface area contributed by atoms with Crippen LogP contribution in [0, 0.1) is 0 Å². The maximum atomic E-state index is 11.1. The third-order valence-electron chi connectivity index (χ3n) is 2.70. The summed E-state index contributed by atoms with van der Waals surface area (Å²) in [7, 11) is 1.62. The van der Waals surface area contributed by atoms with Gasteiger partial charge >= 0.3 is 5.97 Å². The maximum Gasteiger partial charge on any atom is 0.354 e. The van der Waals surface area contributed by atoms with Gasteiger partial charge in [0, 0.05) is 36.6 Å². The van der Waals surface area contributed by atoms with E-state index in [0.29, 0.717) is 29.5 Å². The largest absolute Gasteiger partial charge is 0.493 e. The predicted octanol–water partition coefficient (Wildman–Crippen LogP) is 3.00. The first kappa shape index (κ1) is 14.6. The highest BCUT2D eigenvalue weighted by atomic mass is 35.5. The molecule has 0 aliphatic heterocycles. The Morgan fingerprint density at radius 1 is 1.35 bits per heavy atom. The van der Waals surface area contributed by atoms with Crippen LogP contribution in [-0.4, -0.2) is 36.4 Å². The average molecular weight is 296 g/mol. The molecule has 0 atom stereocenters. The van der Waals surface area contributed by atoms with Crippen LogP contribution < -0.4 is 4.74 Å². The van der Waals surface area contributed by atoms with Crippen LogP contribution in [0.3, 0.4) is 0 Å². The molecule has 1 aromatic carbocycles. The van der Waals surface area contributed by atoms with E-state index < -0.39 is 5.97 Å². The highest BCUT2D eigenvalue weighted by molar-refractivity contribution is 6.31. The number of ether oxygens (including phenoxy) is 2. The Morgan fingerprint density at radius 3 is 2.85 bits per heavy atom. The zero-order valence-electron chi connectivity index (χ0n) is 10.9. The summed E-state index contributed by atoms with van der Waals surface area (Å²) in [6, 6.07) is 6.52. The average Bonchev–Trinajstić information content (AvgIpc) is 2.42. The minimum atomic E-state index is -1.10. The minimum Gasteiger partial charge on any atom is -0.493 e. The number of benzene rings is 1. The zero-order chi connectivity index (χ0) is 14.5. The van der Waals surface area contributed by atoms with Gasteiger partial charge in [-0.05, 0) is 18.2 Å².